The molecule has 4 rings (SSSR count). The number of nitrogens with one attached hydrogen (secondary N) is 1. The molecule has 0 spiro atoms. The van der Waals surface area contributed by atoms with Gasteiger partial charge in [-0.05, 0) is 61.4 Å². The fourth-order valence-corrected chi connectivity index (χ4v) is 3.22. The molecule has 1 atom stereocenters. The van der Waals surface area contributed by atoms with Crippen LogP contribution in [0.4, 0.5) is 14.9 Å². The van der Waals surface area contributed by atoms with Crippen molar-refractivity contribution in [3.05, 3.63) is 60.2 Å². The molecule has 1 aliphatic heterocycles. The molecule has 8 heteroatoms. The van der Waals surface area contributed by atoms with Crippen LogP contribution in [0.3, 0.4) is 0 Å². The van der Waals surface area contributed by atoms with Crippen molar-refractivity contribution in [3.8, 4) is 17.1 Å². The van der Waals surface area contributed by atoms with Crippen molar-refractivity contribution in [1.29, 1.82) is 0 Å². The summed E-state index contributed by atoms with van der Waals surface area (Å²) in [5.41, 5.74) is 1.33. The second-order valence-corrected chi connectivity index (χ2v) is 6.47. The van der Waals surface area contributed by atoms with Crippen LogP contribution in [0.5, 0.6) is 5.75 Å². The van der Waals surface area contributed by atoms with E-state index in [2.05, 4.69) is 15.5 Å². The van der Waals surface area contributed by atoms with Gasteiger partial charge in [0.25, 0.3) is 0 Å². The fraction of sp³-hybridized carbons (Fsp3) is 0.250. The highest BCUT2D eigenvalue weighted by molar-refractivity contribution is 5.89. The molecule has 0 unspecified atom stereocenters. The van der Waals surface area contributed by atoms with E-state index >= 15 is 0 Å². The van der Waals surface area contributed by atoms with Crippen molar-refractivity contribution < 1.29 is 18.4 Å². The lowest BCUT2D eigenvalue weighted by molar-refractivity contribution is 0.193. The first-order valence-corrected chi connectivity index (χ1v) is 8.95. The van der Waals surface area contributed by atoms with Crippen LogP contribution in [0.15, 0.2) is 53.1 Å². The number of benzene rings is 2. The van der Waals surface area contributed by atoms with E-state index in [1.165, 1.54) is 24.3 Å². The molecule has 1 aromatic heterocycles. The number of amides is 2. The van der Waals surface area contributed by atoms with Crippen molar-refractivity contribution in [2.75, 3.05) is 19.0 Å². The standard InChI is InChI=1S/C20H19FN4O3/c1-27-16-10-4-13(5-11-16)18-23-19(28-24-18)17-3-2-12-25(17)20(26)22-15-8-6-14(21)7-9-15/h4-11,17H,2-3,12H2,1H3,(H,22,26)/t17-/m0/s1. The molecular weight excluding hydrogens is 363 g/mol. The number of hydrogen-bond donors (Lipinski definition) is 1. The average Bonchev–Trinajstić information content (AvgIpc) is 3.39. The lowest BCUT2D eigenvalue weighted by atomic mass is 10.2. The van der Waals surface area contributed by atoms with Gasteiger partial charge in [0.05, 0.1) is 7.11 Å². The van der Waals surface area contributed by atoms with E-state index in [1.807, 2.05) is 24.3 Å². The largest absolute Gasteiger partial charge is 0.497 e. The first kappa shape index (κ1) is 18.0. The van der Waals surface area contributed by atoms with Gasteiger partial charge in [0.1, 0.15) is 17.6 Å². The third kappa shape index (κ3) is 3.66. The number of carbonyl (C=O) groups excluding carboxylic acids is 1. The summed E-state index contributed by atoms with van der Waals surface area (Å²) < 4.78 is 23.6. The number of carbonyl (C=O) groups is 1. The Morgan fingerprint density at radius 3 is 2.68 bits per heavy atom. The van der Waals surface area contributed by atoms with Gasteiger partial charge < -0.3 is 19.5 Å². The van der Waals surface area contributed by atoms with Crippen LogP contribution in [-0.4, -0.2) is 34.7 Å². The second kappa shape index (κ2) is 7.67. The highest BCUT2D eigenvalue weighted by atomic mass is 19.1. The van der Waals surface area contributed by atoms with Crippen LogP contribution >= 0.6 is 0 Å². The first-order valence-electron chi connectivity index (χ1n) is 8.95. The van der Waals surface area contributed by atoms with Crippen LogP contribution in [0.1, 0.15) is 24.8 Å². The Bertz CT molecular complexity index is 956. The topological polar surface area (TPSA) is 80.5 Å². The molecule has 144 valence electrons. The molecule has 2 amide bonds. The molecule has 0 saturated carbocycles. The maximum absolute atomic E-state index is 13.0. The zero-order valence-corrected chi connectivity index (χ0v) is 15.3. The predicted octanol–water partition coefficient (Wildman–Crippen LogP) is 4.25. The number of aromatic nitrogens is 2. The highest BCUT2D eigenvalue weighted by Crippen LogP contribution is 2.32. The van der Waals surface area contributed by atoms with Crippen molar-refractivity contribution in [2.24, 2.45) is 0 Å². The number of rotatable bonds is 4. The molecule has 3 aromatic rings. The summed E-state index contributed by atoms with van der Waals surface area (Å²) in [6.45, 7) is 0.581. The Labute approximate surface area is 161 Å². The molecule has 1 saturated heterocycles. The lowest BCUT2D eigenvalue weighted by Gasteiger charge is -2.22. The third-order valence-electron chi connectivity index (χ3n) is 4.68. The van der Waals surface area contributed by atoms with E-state index in [-0.39, 0.29) is 17.9 Å². The number of methoxy groups -OCH3 is 1. The fourth-order valence-electron chi connectivity index (χ4n) is 3.22. The smallest absolute Gasteiger partial charge is 0.322 e. The van der Waals surface area contributed by atoms with Crippen LogP contribution in [0, 0.1) is 5.82 Å². The quantitative estimate of drug-likeness (QED) is 0.729. The van der Waals surface area contributed by atoms with Crippen LogP contribution in [0.2, 0.25) is 0 Å². The van der Waals surface area contributed by atoms with Gasteiger partial charge in [-0.25, -0.2) is 9.18 Å². The van der Waals surface area contributed by atoms with Gasteiger partial charge in [0.2, 0.25) is 11.7 Å². The molecule has 28 heavy (non-hydrogen) atoms. The molecule has 2 heterocycles. The Morgan fingerprint density at radius 2 is 1.96 bits per heavy atom. The summed E-state index contributed by atoms with van der Waals surface area (Å²) in [4.78, 5) is 18.8. The second-order valence-electron chi connectivity index (χ2n) is 6.47. The summed E-state index contributed by atoms with van der Waals surface area (Å²) in [6.07, 6.45) is 1.57. The zero-order valence-electron chi connectivity index (χ0n) is 15.3. The van der Waals surface area contributed by atoms with E-state index in [9.17, 15) is 9.18 Å². The molecule has 0 bridgehead atoms. The number of ether oxygens (including phenoxy) is 1. The van der Waals surface area contributed by atoms with Crippen LogP contribution in [-0.2, 0) is 0 Å². The predicted molar refractivity (Wildman–Crippen MR) is 100 cm³/mol. The molecule has 1 fully saturated rings. The number of likely N-dealkylation sites (tertiary alicyclic amines) is 1. The Morgan fingerprint density at radius 1 is 1.21 bits per heavy atom. The number of halogens is 1. The zero-order chi connectivity index (χ0) is 19.5. The van der Waals surface area contributed by atoms with Crippen LogP contribution < -0.4 is 10.1 Å². The van der Waals surface area contributed by atoms with E-state index in [4.69, 9.17) is 9.26 Å². The number of hydrogen-bond acceptors (Lipinski definition) is 5. The molecule has 1 N–H and O–H groups in total. The SMILES string of the molecule is COc1ccc(-c2noc([C@@H]3CCCN3C(=O)Nc3ccc(F)cc3)n2)cc1. The molecule has 0 aliphatic carbocycles. The summed E-state index contributed by atoms with van der Waals surface area (Å²) in [5, 5.41) is 6.83. The van der Waals surface area contributed by atoms with E-state index in [0.29, 0.717) is 23.9 Å². The molecule has 7 nitrogen and oxygen atoms in total. The van der Waals surface area contributed by atoms with E-state index in [0.717, 1.165) is 24.2 Å². The molecule has 2 aromatic carbocycles. The molecule has 1 aliphatic rings. The number of nitrogens with zero attached hydrogens (tertiary/aromatic N) is 3. The summed E-state index contributed by atoms with van der Waals surface area (Å²) in [7, 11) is 1.60. The van der Waals surface area contributed by atoms with Crippen molar-refractivity contribution in [2.45, 2.75) is 18.9 Å². The minimum Gasteiger partial charge on any atom is -0.497 e. The van der Waals surface area contributed by atoms with E-state index in [1.54, 1.807) is 12.0 Å². The van der Waals surface area contributed by atoms with Gasteiger partial charge in [-0.15, -0.1) is 0 Å². The number of anilines is 1. The minimum absolute atomic E-state index is 0.279. The minimum atomic E-state index is -0.353. The highest BCUT2D eigenvalue weighted by Gasteiger charge is 2.34. The Balaban J connectivity index is 1.49. The van der Waals surface area contributed by atoms with Crippen molar-refractivity contribution >= 4 is 11.7 Å². The van der Waals surface area contributed by atoms with Gasteiger partial charge in [-0.1, -0.05) is 5.16 Å². The van der Waals surface area contributed by atoms with Crippen molar-refractivity contribution in [1.82, 2.24) is 15.0 Å². The number of urea groups is 1. The van der Waals surface area contributed by atoms with Crippen LogP contribution in [0.25, 0.3) is 11.4 Å². The van der Waals surface area contributed by atoms with Gasteiger partial charge in [0.15, 0.2) is 0 Å². The van der Waals surface area contributed by atoms with Gasteiger partial charge in [-0.2, -0.15) is 4.98 Å². The van der Waals surface area contributed by atoms with Crippen molar-refractivity contribution in [3.63, 3.8) is 0 Å². The first-order chi connectivity index (χ1) is 13.6. The monoisotopic (exact) mass is 382 g/mol. The average molecular weight is 382 g/mol. The lowest BCUT2D eigenvalue weighted by Crippen LogP contribution is -2.34. The van der Waals surface area contributed by atoms with Gasteiger partial charge in [0, 0.05) is 17.8 Å². The third-order valence-corrected chi connectivity index (χ3v) is 4.68. The Hall–Kier alpha value is -3.42. The van der Waals surface area contributed by atoms with E-state index < -0.39 is 0 Å². The summed E-state index contributed by atoms with van der Waals surface area (Å²) in [5.74, 6) is 1.25. The maximum atomic E-state index is 13.0. The Kier molecular flexibility index (Phi) is 4.92. The summed E-state index contributed by atoms with van der Waals surface area (Å²) >= 11 is 0. The molecule has 0 radical (unpaired) electrons. The normalized spacial score (nSPS) is 16.2. The maximum Gasteiger partial charge on any atom is 0.322 e. The molecular formula is C20H19FN4O3. The van der Waals surface area contributed by atoms with Gasteiger partial charge in [-0.3, -0.25) is 0 Å². The van der Waals surface area contributed by atoms with Gasteiger partial charge >= 0.3 is 6.03 Å². The summed E-state index contributed by atoms with van der Waals surface area (Å²) in [6, 6.07) is 12.4.